The van der Waals surface area contributed by atoms with E-state index in [-0.39, 0.29) is 5.82 Å². The van der Waals surface area contributed by atoms with Gasteiger partial charge in [-0.1, -0.05) is 0 Å². The first-order valence-corrected chi connectivity index (χ1v) is 6.48. The molecular weight excluding hydrogens is 269 g/mol. The molecule has 0 unspecified atom stereocenters. The Morgan fingerprint density at radius 3 is 3.00 bits per heavy atom. The van der Waals surface area contributed by atoms with E-state index in [2.05, 4.69) is 15.0 Å². The van der Waals surface area contributed by atoms with E-state index in [9.17, 15) is 4.39 Å². The number of hydrogen-bond donors (Lipinski definition) is 2. The van der Waals surface area contributed by atoms with Gasteiger partial charge in [-0.2, -0.15) is 0 Å². The average Bonchev–Trinajstić information content (AvgIpc) is 3.03. The van der Waals surface area contributed by atoms with Crippen molar-refractivity contribution < 1.29 is 4.39 Å². The maximum Gasteiger partial charge on any atom is 0.142 e. The molecular formula is C15H12FN5. The van der Waals surface area contributed by atoms with Crippen LogP contribution in [0.5, 0.6) is 0 Å². The van der Waals surface area contributed by atoms with Crippen molar-refractivity contribution in [1.82, 2.24) is 19.5 Å². The topological polar surface area (TPSA) is 72.5 Å². The summed E-state index contributed by atoms with van der Waals surface area (Å²) >= 11 is 0. The monoisotopic (exact) mass is 281 g/mol. The van der Waals surface area contributed by atoms with E-state index in [1.165, 1.54) is 12.3 Å². The maximum absolute atomic E-state index is 13.4. The minimum atomic E-state index is -0.378. The lowest BCUT2D eigenvalue weighted by atomic mass is 10.1. The summed E-state index contributed by atoms with van der Waals surface area (Å²) in [7, 11) is 1.95. The van der Waals surface area contributed by atoms with Crippen LogP contribution in [0.1, 0.15) is 0 Å². The molecule has 5 nitrogen and oxygen atoms in total. The largest absolute Gasteiger partial charge is 0.383 e. The third kappa shape index (κ3) is 1.69. The molecule has 0 amide bonds. The molecule has 4 rings (SSSR count). The molecule has 0 aromatic carbocycles. The van der Waals surface area contributed by atoms with Gasteiger partial charge in [-0.15, -0.1) is 0 Å². The lowest BCUT2D eigenvalue weighted by Gasteiger charge is -2.04. The number of aromatic amines is 1. The molecule has 21 heavy (non-hydrogen) atoms. The van der Waals surface area contributed by atoms with Crippen LogP contribution >= 0.6 is 0 Å². The van der Waals surface area contributed by atoms with Gasteiger partial charge >= 0.3 is 0 Å². The highest BCUT2D eigenvalue weighted by Crippen LogP contribution is 2.31. The molecule has 0 atom stereocenters. The summed E-state index contributed by atoms with van der Waals surface area (Å²) in [6.45, 7) is 0. The molecule has 0 spiro atoms. The molecule has 0 aliphatic rings. The number of nitrogens with one attached hydrogen (secondary N) is 1. The van der Waals surface area contributed by atoms with Gasteiger partial charge in [0.2, 0.25) is 0 Å². The van der Waals surface area contributed by atoms with E-state index in [0.717, 1.165) is 16.5 Å². The highest BCUT2D eigenvalue weighted by molar-refractivity contribution is 5.97. The summed E-state index contributed by atoms with van der Waals surface area (Å²) in [4.78, 5) is 11.5. The summed E-state index contributed by atoms with van der Waals surface area (Å²) in [6, 6.07) is 5.32. The van der Waals surface area contributed by atoms with Crippen LogP contribution in [0.25, 0.3) is 33.2 Å². The summed E-state index contributed by atoms with van der Waals surface area (Å²) in [5.41, 5.74) is 9.11. The molecule has 0 saturated carbocycles. The van der Waals surface area contributed by atoms with Crippen LogP contribution in [0.15, 0.2) is 36.8 Å². The third-order valence-corrected chi connectivity index (χ3v) is 3.68. The first-order valence-electron chi connectivity index (χ1n) is 6.48. The molecule has 4 aromatic heterocycles. The molecule has 3 N–H and O–H groups in total. The Morgan fingerprint density at radius 2 is 2.14 bits per heavy atom. The van der Waals surface area contributed by atoms with Crippen molar-refractivity contribution in [2.24, 2.45) is 7.05 Å². The van der Waals surface area contributed by atoms with E-state index in [4.69, 9.17) is 5.73 Å². The van der Waals surface area contributed by atoms with Crippen LogP contribution in [0, 0.1) is 5.82 Å². The van der Waals surface area contributed by atoms with Gasteiger partial charge < -0.3 is 15.3 Å². The van der Waals surface area contributed by atoms with Crippen LogP contribution in [0.3, 0.4) is 0 Å². The normalized spacial score (nSPS) is 11.5. The number of hydrogen-bond acceptors (Lipinski definition) is 3. The van der Waals surface area contributed by atoms with Gasteiger partial charge in [-0.3, -0.25) is 0 Å². The Bertz CT molecular complexity index is 982. The number of nitrogens with two attached hydrogens (primary N) is 1. The lowest BCUT2D eigenvalue weighted by molar-refractivity contribution is 0.624. The quantitative estimate of drug-likeness (QED) is 0.563. The number of H-pyrrole nitrogens is 1. The van der Waals surface area contributed by atoms with Crippen molar-refractivity contribution >= 4 is 27.8 Å². The molecule has 4 aromatic rings. The predicted octanol–water partition coefficient (Wildman–Crippen LogP) is 2.84. The van der Waals surface area contributed by atoms with E-state index in [1.807, 2.05) is 29.9 Å². The summed E-state index contributed by atoms with van der Waals surface area (Å²) in [5, 5.41) is 1.60. The van der Waals surface area contributed by atoms with Gasteiger partial charge in [0, 0.05) is 35.8 Å². The zero-order valence-corrected chi connectivity index (χ0v) is 11.3. The minimum absolute atomic E-state index is 0.378. The fourth-order valence-electron chi connectivity index (χ4n) is 2.62. The van der Waals surface area contributed by atoms with Gasteiger partial charge in [-0.25, -0.2) is 14.4 Å². The first-order chi connectivity index (χ1) is 10.1. The fourth-order valence-corrected chi connectivity index (χ4v) is 2.62. The Kier molecular flexibility index (Phi) is 2.29. The molecule has 0 aliphatic carbocycles. The van der Waals surface area contributed by atoms with E-state index in [0.29, 0.717) is 22.5 Å². The van der Waals surface area contributed by atoms with Gasteiger partial charge in [0.25, 0.3) is 0 Å². The molecule has 104 valence electrons. The average molecular weight is 281 g/mol. The number of anilines is 1. The van der Waals surface area contributed by atoms with Crippen LogP contribution in [-0.4, -0.2) is 19.5 Å². The summed E-state index contributed by atoms with van der Waals surface area (Å²) < 4.78 is 15.4. The number of fused-ring (bicyclic) bond motifs is 2. The summed E-state index contributed by atoms with van der Waals surface area (Å²) in [5.74, 6) is 0.0816. The number of nitrogens with zero attached hydrogens (tertiary/aromatic N) is 3. The zero-order chi connectivity index (χ0) is 14.6. The standard InChI is InChI=1S/C15H12FN5/c1-21-3-2-9-13(21)5-12(20-14(9)17)11-7-19-15-10(11)4-8(16)6-18-15/h2-7H,1H3,(H2,17,20)(H,18,19). The zero-order valence-electron chi connectivity index (χ0n) is 11.3. The van der Waals surface area contributed by atoms with Gasteiger partial charge in [0.05, 0.1) is 17.4 Å². The molecule has 0 radical (unpaired) electrons. The third-order valence-electron chi connectivity index (χ3n) is 3.68. The molecule has 0 aliphatic heterocycles. The van der Waals surface area contributed by atoms with Crippen molar-refractivity contribution in [3.05, 3.63) is 42.6 Å². The number of aromatic nitrogens is 4. The van der Waals surface area contributed by atoms with Crippen LogP contribution < -0.4 is 5.73 Å². The molecule has 0 bridgehead atoms. The smallest absolute Gasteiger partial charge is 0.142 e. The predicted molar refractivity (Wildman–Crippen MR) is 80.2 cm³/mol. The number of aryl methyl sites for hydroxylation is 1. The first kappa shape index (κ1) is 11.9. The highest BCUT2D eigenvalue weighted by atomic mass is 19.1. The minimum Gasteiger partial charge on any atom is -0.383 e. The van der Waals surface area contributed by atoms with E-state index >= 15 is 0 Å². The molecule has 6 heteroatoms. The van der Waals surface area contributed by atoms with Crippen molar-refractivity contribution in [3.8, 4) is 11.3 Å². The Labute approximate surface area is 119 Å². The fraction of sp³-hybridized carbons (Fsp3) is 0.0667. The van der Waals surface area contributed by atoms with Crippen molar-refractivity contribution in [2.45, 2.75) is 0 Å². The molecule has 0 fully saturated rings. The van der Waals surface area contributed by atoms with Crippen molar-refractivity contribution in [1.29, 1.82) is 0 Å². The molecule has 0 saturated heterocycles. The second kappa shape index (κ2) is 4.05. The van der Waals surface area contributed by atoms with Crippen molar-refractivity contribution in [2.75, 3.05) is 5.73 Å². The summed E-state index contributed by atoms with van der Waals surface area (Å²) in [6.07, 6.45) is 4.89. The van der Waals surface area contributed by atoms with E-state index < -0.39 is 0 Å². The second-order valence-electron chi connectivity index (χ2n) is 5.00. The molecule has 4 heterocycles. The maximum atomic E-state index is 13.4. The Hall–Kier alpha value is -2.89. The van der Waals surface area contributed by atoms with Gasteiger partial charge in [0.1, 0.15) is 17.3 Å². The second-order valence-corrected chi connectivity index (χ2v) is 5.00. The SMILES string of the molecule is Cn1ccc2c(N)nc(-c3c[nH]c4ncc(F)cc34)cc21. The van der Waals surface area contributed by atoms with Crippen LogP contribution in [0.4, 0.5) is 10.2 Å². The number of halogens is 1. The van der Waals surface area contributed by atoms with Crippen LogP contribution in [0.2, 0.25) is 0 Å². The van der Waals surface area contributed by atoms with E-state index in [1.54, 1.807) is 6.20 Å². The Morgan fingerprint density at radius 1 is 1.29 bits per heavy atom. The lowest BCUT2D eigenvalue weighted by Crippen LogP contribution is -1.95. The number of nitrogen functional groups attached to an aromatic ring is 1. The van der Waals surface area contributed by atoms with Crippen LogP contribution in [-0.2, 0) is 7.05 Å². The highest BCUT2D eigenvalue weighted by Gasteiger charge is 2.13. The number of pyridine rings is 2. The number of rotatable bonds is 1. The van der Waals surface area contributed by atoms with Gasteiger partial charge in [-0.05, 0) is 18.2 Å². The Balaban J connectivity index is 2.04. The van der Waals surface area contributed by atoms with Crippen molar-refractivity contribution in [3.63, 3.8) is 0 Å². The van der Waals surface area contributed by atoms with Gasteiger partial charge in [0.15, 0.2) is 0 Å².